The highest BCUT2D eigenvalue weighted by atomic mass is 16.5. The molecule has 1 spiro atoms. The Morgan fingerprint density at radius 1 is 1.21 bits per heavy atom. The van der Waals surface area contributed by atoms with Crippen LogP contribution in [-0.4, -0.2) is 63.4 Å². The quantitative estimate of drug-likeness (QED) is 0.790. The van der Waals surface area contributed by atoms with E-state index < -0.39 is 5.60 Å². The van der Waals surface area contributed by atoms with Crippen molar-refractivity contribution in [3.8, 4) is 0 Å². The molecule has 2 unspecified atom stereocenters. The molecule has 29 heavy (non-hydrogen) atoms. The molecule has 3 aliphatic rings. The second-order valence-corrected chi connectivity index (χ2v) is 8.12. The van der Waals surface area contributed by atoms with E-state index in [0.717, 1.165) is 24.1 Å². The smallest absolute Gasteiger partial charge is 0.257 e. The van der Waals surface area contributed by atoms with Crippen LogP contribution in [0.1, 0.15) is 30.0 Å². The molecule has 7 heteroatoms. The maximum absolute atomic E-state index is 13.7. The Bertz CT molecular complexity index is 903. The molecule has 2 amide bonds. The fourth-order valence-corrected chi connectivity index (χ4v) is 4.51. The van der Waals surface area contributed by atoms with Gasteiger partial charge in [-0.05, 0) is 36.6 Å². The number of pyridine rings is 2. The summed E-state index contributed by atoms with van der Waals surface area (Å²) in [6.45, 7) is 2.21. The number of hydrogen-bond donors (Lipinski definition) is 0. The maximum Gasteiger partial charge on any atom is 0.257 e. The predicted molar refractivity (Wildman–Crippen MR) is 105 cm³/mol. The fourth-order valence-electron chi connectivity index (χ4n) is 4.51. The number of likely N-dealkylation sites (tertiary alicyclic amines) is 1. The molecule has 1 saturated carbocycles. The minimum absolute atomic E-state index is 0.0608. The van der Waals surface area contributed by atoms with Crippen LogP contribution in [0.4, 0.5) is 0 Å². The van der Waals surface area contributed by atoms with E-state index in [-0.39, 0.29) is 23.7 Å². The highest BCUT2D eigenvalue weighted by molar-refractivity contribution is 5.90. The van der Waals surface area contributed by atoms with Crippen LogP contribution in [0.2, 0.25) is 0 Å². The van der Waals surface area contributed by atoms with Gasteiger partial charge in [-0.3, -0.25) is 19.6 Å². The number of nitrogens with zero attached hydrogens (tertiary/aromatic N) is 4. The largest absolute Gasteiger partial charge is 0.361 e. The van der Waals surface area contributed by atoms with E-state index in [2.05, 4.69) is 9.97 Å². The van der Waals surface area contributed by atoms with Crippen LogP contribution in [-0.2, 0) is 20.9 Å². The number of ether oxygens (including phenoxy) is 1. The molecule has 2 aliphatic heterocycles. The minimum atomic E-state index is -1.05. The topological polar surface area (TPSA) is 75.6 Å². The standard InChI is InChI=1S/C22H24N4O3/c27-20(16-6-7-16)26-14-19(17-4-3-8-23-12-17)22(15-26)21(28)25(10-11-29-22)13-18-5-1-2-9-24-18/h1-5,8-9,12,16,19H,6-7,10-11,13-15H2. The number of morpholine rings is 1. The average Bonchev–Trinajstić information content (AvgIpc) is 3.54. The number of carbonyl (C=O) groups excluding carboxylic acids is 2. The lowest BCUT2D eigenvalue weighted by molar-refractivity contribution is -0.173. The Kier molecular flexibility index (Phi) is 4.54. The fraction of sp³-hybridized carbons (Fsp3) is 0.455. The van der Waals surface area contributed by atoms with Gasteiger partial charge < -0.3 is 14.5 Å². The maximum atomic E-state index is 13.7. The third-order valence-corrected chi connectivity index (χ3v) is 6.17. The van der Waals surface area contributed by atoms with Crippen LogP contribution >= 0.6 is 0 Å². The van der Waals surface area contributed by atoms with Gasteiger partial charge in [0.25, 0.3) is 5.91 Å². The molecule has 0 radical (unpaired) electrons. The van der Waals surface area contributed by atoms with E-state index in [0.29, 0.717) is 32.8 Å². The first-order chi connectivity index (χ1) is 14.2. The van der Waals surface area contributed by atoms with Crippen molar-refractivity contribution >= 4 is 11.8 Å². The van der Waals surface area contributed by atoms with Crippen molar-refractivity contribution < 1.29 is 14.3 Å². The first-order valence-corrected chi connectivity index (χ1v) is 10.2. The molecule has 150 valence electrons. The zero-order valence-corrected chi connectivity index (χ0v) is 16.2. The summed E-state index contributed by atoms with van der Waals surface area (Å²) in [4.78, 5) is 38.8. The normalized spacial score (nSPS) is 26.9. The zero-order valence-electron chi connectivity index (χ0n) is 16.2. The molecule has 2 atom stereocenters. The van der Waals surface area contributed by atoms with Gasteiger partial charge in [0.15, 0.2) is 5.60 Å². The Morgan fingerprint density at radius 2 is 2.10 bits per heavy atom. The van der Waals surface area contributed by atoms with E-state index in [1.165, 1.54) is 0 Å². The first-order valence-electron chi connectivity index (χ1n) is 10.2. The van der Waals surface area contributed by atoms with Crippen LogP contribution in [0.15, 0.2) is 48.9 Å². The average molecular weight is 392 g/mol. The van der Waals surface area contributed by atoms with Crippen LogP contribution < -0.4 is 0 Å². The molecular weight excluding hydrogens is 368 g/mol. The monoisotopic (exact) mass is 392 g/mol. The summed E-state index contributed by atoms with van der Waals surface area (Å²) in [5, 5.41) is 0. The van der Waals surface area contributed by atoms with E-state index in [1.54, 1.807) is 18.6 Å². The van der Waals surface area contributed by atoms with Gasteiger partial charge in [-0.15, -0.1) is 0 Å². The first kappa shape index (κ1) is 18.2. The molecule has 2 saturated heterocycles. The molecular formula is C22H24N4O3. The lowest BCUT2D eigenvalue weighted by Gasteiger charge is -2.42. The van der Waals surface area contributed by atoms with Crippen LogP contribution in [0, 0.1) is 5.92 Å². The molecule has 1 aliphatic carbocycles. The molecule has 0 aromatic carbocycles. The zero-order chi connectivity index (χ0) is 19.8. The van der Waals surface area contributed by atoms with Crippen molar-refractivity contribution in [2.45, 2.75) is 30.9 Å². The molecule has 2 aromatic heterocycles. The highest BCUT2D eigenvalue weighted by Crippen LogP contribution is 2.44. The summed E-state index contributed by atoms with van der Waals surface area (Å²) in [7, 11) is 0. The third kappa shape index (κ3) is 3.29. The van der Waals surface area contributed by atoms with Crippen molar-refractivity contribution in [3.05, 3.63) is 60.2 Å². The summed E-state index contributed by atoms with van der Waals surface area (Å²) in [5.74, 6) is -0.0238. The molecule has 3 fully saturated rings. The third-order valence-electron chi connectivity index (χ3n) is 6.17. The van der Waals surface area contributed by atoms with Gasteiger partial charge >= 0.3 is 0 Å². The summed E-state index contributed by atoms with van der Waals surface area (Å²) in [6, 6.07) is 9.55. The van der Waals surface area contributed by atoms with Gasteiger partial charge in [-0.25, -0.2) is 0 Å². The molecule has 0 N–H and O–H groups in total. The highest BCUT2D eigenvalue weighted by Gasteiger charge is 2.58. The number of rotatable bonds is 4. The van der Waals surface area contributed by atoms with Gasteiger partial charge in [-0.1, -0.05) is 12.1 Å². The second-order valence-electron chi connectivity index (χ2n) is 8.12. The molecule has 4 heterocycles. The van der Waals surface area contributed by atoms with Crippen molar-refractivity contribution in [3.63, 3.8) is 0 Å². The van der Waals surface area contributed by atoms with Gasteiger partial charge in [0.2, 0.25) is 5.91 Å². The Labute approximate surface area is 169 Å². The van der Waals surface area contributed by atoms with Crippen molar-refractivity contribution in [2.24, 2.45) is 5.92 Å². The lowest BCUT2D eigenvalue weighted by atomic mass is 9.83. The van der Waals surface area contributed by atoms with Gasteiger partial charge in [0.1, 0.15) is 0 Å². The Hall–Kier alpha value is -2.80. The summed E-state index contributed by atoms with van der Waals surface area (Å²) in [6.07, 6.45) is 7.13. The van der Waals surface area contributed by atoms with Crippen molar-refractivity contribution in [1.82, 2.24) is 19.8 Å². The summed E-state index contributed by atoms with van der Waals surface area (Å²) < 4.78 is 6.22. The number of aromatic nitrogens is 2. The lowest BCUT2D eigenvalue weighted by Crippen LogP contribution is -2.60. The van der Waals surface area contributed by atoms with E-state index in [1.807, 2.05) is 40.1 Å². The second kappa shape index (κ2) is 7.22. The summed E-state index contributed by atoms with van der Waals surface area (Å²) >= 11 is 0. The number of hydrogen-bond acceptors (Lipinski definition) is 5. The number of carbonyl (C=O) groups is 2. The minimum Gasteiger partial charge on any atom is -0.361 e. The van der Waals surface area contributed by atoms with Crippen molar-refractivity contribution in [1.29, 1.82) is 0 Å². The predicted octanol–water partition coefficient (Wildman–Crippen LogP) is 1.61. The van der Waals surface area contributed by atoms with E-state index in [9.17, 15) is 9.59 Å². The Balaban J connectivity index is 1.47. The van der Waals surface area contributed by atoms with Crippen LogP contribution in [0.25, 0.3) is 0 Å². The van der Waals surface area contributed by atoms with Crippen molar-refractivity contribution in [2.75, 3.05) is 26.2 Å². The van der Waals surface area contributed by atoms with E-state index in [4.69, 9.17) is 4.74 Å². The Morgan fingerprint density at radius 3 is 2.83 bits per heavy atom. The van der Waals surface area contributed by atoms with Crippen LogP contribution in [0.3, 0.4) is 0 Å². The SMILES string of the molecule is O=C(C1CC1)N1CC(c2cccnc2)C2(C1)OCCN(Cc1ccccn1)C2=O. The van der Waals surface area contributed by atoms with Gasteiger partial charge in [0.05, 0.1) is 25.4 Å². The van der Waals surface area contributed by atoms with E-state index >= 15 is 0 Å². The molecule has 5 rings (SSSR count). The number of amides is 2. The molecule has 7 nitrogen and oxygen atoms in total. The van der Waals surface area contributed by atoms with Crippen LogP contribution in [0.5, 0.6) is 0 Å². The molecule has 0 bridgehead atoms. The summed E-state index contributed by atoms with van der Waals surface area (Å²) in [5.41, 5.74) is 0.729. The molecule has 2 aromatic rings. The van der Waals surface area contributed by atoms with Gasteiger partial charge in [0, 0.05) is 43.5 Å². The van der Waals surface area contributed by atoms with Gasteiger partial charge in [-0.2, -0.15) is 0 Å².